The molecule has 0 aliphatic rings. The van der Waals surface area contributed by atoms with E-state index in [-0.39, 0.29) is 15.4 Å². The summed E-state index contributed by atoms with van der Waals surface area (Å²) in [7, 11) is 3.24. The van der Waals surface area contributed by atoms with E-state index in [4.69, 9.17) is 23.2 Å². The fraction of sp³-hybridized carbons (Fsp3) is 0.167. The molecule has 9 heteroatoms. The number of nitrogens with one attached hydrogen (secondary N) is 1. The predicted molar refractivity (Wildman–Crippen MR) is 82.3 cm³/mol. The van der Waals surface area contributed by atoms with E-state index in [0.29, 0.717) is 16.3 Å². The average molecular weight is 345 g/mol. The molecule has 1 aromatic heterocycles. The zero-order valence-corrected chi connectivity index (χ0v) is 13.4. The van der Waals surface area contributed by atoms with Crippen molar-refractivity contribution in [3.05, 3.63) is 38.3 Å². The van der Waals surface area contributed by atoms with E-state index in [0.717, 1.165) is 11.3 Å². The summed E-state index contributed by atoms with van der Waals surface area (Å²) in [6, 6.07) is 4.63. The highest BCUT2D eigenvalue weighted by Gasteiger charge is 2.18. The van der Waals surface area contributed by atoms with E-state index < -0.39 is 5.91 Å². The highest BCUT2D eigenvalue weighted by molar-refractivity contribution is 7.17. The van der Waals surface area contributed by atoms with Gasteiger partial charge in [0.1, 0.15) is 0 Å². The molecule has 2 amide bonds. The van der Waals surface area contributed by atoms with Crippen molar-refractivity contribution in [2.24, 2.45) is 0 Å². The van der Waals surface area contributed by atoms with Crippen LogP contribution in [0.1, 0.15) is 20.2 Å². The monoisotopic (exact) mass is 344 g/mol. The van der Waals surface area contributed by atoms with E-state index in [2.05, 4.69) is 15.5 Å². The first-order chi connectivity index (χ1) is 9.88. The number of amides is 2. The second-order valence-corrected chi connectivity index (χ2v) is 6.20. The van der Waals surface area contributed by atoms with Crippen molar-refractivity contribution in [2.45, 2.75) is 0 Å². The van der Waals surface area contributed by atoms with Crippen LogP contribution in [0.4, 0.5) is 5.69 Å². The number of anilines is 1. The summed E-state index contributed by atoms with van der Waals surface area (Å²) in [5.74, 6) is -0.758. The van der Waals surface area contributed by atoms with Gasteiger partial charge in [-0.25, -0.2) is 0 Å². The predicted octanol–water partition coefficient (Wildman–Crippen LogP) is 2.80. The zero-order chi connectivity index (χ0) is 15.6. The van der Waals surface area contributed by atoms with Gasteiger partial charge in [0.05, 0.1) is 11.3 Å². The lowest BCUT2D eigenvalue weighted by Crippen LogP contribution is -2.24. The second kappa shape index (κ2) is 6.38. The number of benzene rings is 1. The molecule has 0 unspecified atom stereocenters. The lowest BCUT2D eigenvalue weighted by molar-refractivity contribution is 0.0828. The van der Waals surface area contributed by atoms with Crippen LogP contribution >= 0.6 is 34.5 Å². The Kier molecular flexibility index (Phi) is 4.76. The first-order valence-electron chi connectivity index (χ1n) is 5.70. The smallest absolute Gasteiger partial charge is 0.286 e. The molecule has 21 heavy (non-hydrogen) atoms. The van der Waals surface area contributed by atoms with Crippen molar-refractivity contribution < 1.29 is 9.59 Å². The van der Waals surface area contributed by atoms with Gasteiger partial charge in [-0.1, -0.05) is 22.9 Å². The van der Waals surface area contributed by atoms with Gasteiger partial charge in [-0.3, -0.25) is 9.59 Å². The van der Waals surface area contributed by atoms with Gasteiger partial charge in [0.25, 0.3) is 11.8 Å². The minimum atomic E-state index is -0.505. The Hall–Kier alpha value is -1.70. The summed E-state index contributed by atoms with van der Waals surface area (Å²) >= 11 is 12.5. The third-order valence-corrected chi connectivity index (χ3v) is 3.71. The van der Waals surface area contributed by atoms with Crippen LogP contribution in [0.3, 0.4) is 0 Å². The van der Waals surface area contributed by atoms with Gasteiger partial charge >= 0.3 is 0 Å². The van der Waals surface area contributed by atoms with Crippen molar-refractivity contribution in [2.75, 3.05) is 19.4 Å². The largest absolute Gasteiger partial charge is 0.345 e. The van der Waals surface area contributed by atoms with Crippen molar-refractivity contribution in [1.29, 1.82) is 0 Å². The van der Waals surface area contributed by atoms with Crippen LogP contribution < -0.4 is 5.32 Å². The Bertz CT molecular complexity index is 702. The molecule has 1 N–H and O–H groups in total. The number of carbonyl (C=O) groups is 2. The van der Waals surface area contributed by atoms with Gasteiger partial charge in [0.15, 0.2) is 0 Å². The Morgan fingerprint density at radius 2 is 1.95 bits per heavy atom. The third kappa shape index (κ3) is 3.69. The lowest BCUT2D eigenvalue weighted by Gasteiger charge is -2.14. The third-order valence-electron chi connectivity index (χ3n) is 2.46. The molecule has 1 heterocycles. The Labute approximate surface area is 134 Å². The number of nitrogens with zero attached hydrogens (tertiary/aromatic N) is 3. The van der Waals surface area contributed by atoms with Gasteiger partial charge in [-0.15, -0.1) is 10.2 Å². The molecule has 0 fully saturated rings. The van der Waals surface area contributed by atoms with E-state index in [1.54, 1.807) is 26.2 Å². The summed E-state index contributed by atoms with van der Waals surface area (Å²) in [6.45, 7) is 0. The fourth-order valence-electron chi connectivity index (χ4n) is 1.52. The molecular formula is C12H10Cl2N4O2S. The first kappa shape index (κ1) is 15.7. The summed E-state index contributed by atoms with van der Waals surface area (Å²) in [5.41, 5.74) is 0.630. The van der Waals surface area contributed by atoms with Crippen molar-refractivity contribution >= 4 is 52.0 Å². The lowest BCUT2D eigenvalue weighted by atomic mass is 10.1. The molecule has 1 aromatic carbocycles. The number of hydrogen-bond donors (Lipinski definition) is 1. The molecule has 0 aliphatic carbocycles. The quantitative estimate of drug-likeness (QED) is 0.928. The van der Waals surface area contributed by atoms with Gasteiger partial charge in [-0.05, 0) is 29.8 Å². The van der Waals surface area contributed by atoms with Crippen molar-refractivity contribution in [3.8, 4) is 0 Å². The summed E-state index contributed by atoms with van der Waals surface area (Å²) < 4.78 is 0.163. The van der Waals surface area contributed by atoms with Gasteiger partial charge in [-0.2, -0.15) is 0 Å². The molecule has 6 nitrogen and oxygen atoms in total. The molecule has 0 saturated heterocycles. The van der Waals surface area contributed by atoms with Crippen molar-refractivity contribution in [3.63, 3.8) is 0 Å². The number of rotatable bonds is 3. The molecule has 0 radical (unpaired) electrons. The molecule has 0 bridgehead atoms. The summed E-state index contributed by atoms with van der Waals surface area (Å²) in [4.78, 5) is 25.5. The van der Waals surface area contributed by atoms with Crippen LogP contribution in [-0.2, 0) is 0 Å². The van der Waals surface area contributed by atoms with Crippen LogP contribution in [0, 0.1) is 0 Å². The van der Waals surface area contributed by atoms with Gasteiger partial charge in [0, 0.05) is 19.1 Å². The number of carbonyl (C=O) groups excluding carboxylic acids is 2. The van der Waals surface area contributed by atoms with Crippen LogP contribution in [0.5, 0.6) is 0 Å². The van der Waals surface area contributed by atoms with E-state index in [1.165, 1.54) is 11.0 Å². The van der Waals surface area contributed by atoms with Crippen LogP contribution in [0.25, 0.3) is 0 Å². The van der Waals surface area contributed by atoms with E-state index in [1.807, 2.05) is 0 Å². The van der Waals surface area contributed by atoms with Crippen LogP contribution in [0.15, 0.2) is 18.2 Å². The normalized spacial score (nSPS) is 10.3. The number of halogens is 2. The molecule has 0 aliphatic heterocycles. The van der Waals surface area contributed by atoms with Gasteiger partial charge < -0.3 is 10.2 Å². The first-order valence-corrected chi connectivity index (χ1v) is 7.27. The molecular weight excluding hydrogens is 335 g/mol. The Balaban J connectivity index is 2.32. The fourth-order valence-corrected chi connectivity index (χ4v) is 2.42. The maximum absolute atomic E-state index is 12.1. The SMILES string of the molecule is CN(C)C(=O)c1ccc(Cl)cc1NC(=O)c1nnc(Cl)s1. The molecule has 2 aromatic rings. The minimum Gasteiger partial charge on any atom is -0.345 e. The van der Waals surface area contributed by atoms with Gasteiger partial charge in [0.2, 0.25) is 9.47 Å². The van der Waals surface area contributed by atoms with Crippen molar-refractivity contribution in [1.82, 2.24) is 15.1 Å². The Morgan fingerprint density at radius 3 is 2.52 bits per heavy atom. The topological polar surface area (TPSA) is 75.2 Å². The van der Waals surface area contributed by atoms with Crippen LogP contribution in [-0.4, -0.2) is 41.0 Å². The highest BCUT2D eigenvalue weighted by atomic mass is 35.5. The average Bonchev–Trinajstić information content (AvgIpc) is 2.85. The maximum atomic E-state index is 12.1. The standard InChI is InChI=1S/C12H10Cl2N4O2S/c1-18(2)11(20)7-4-3-6(13)5-8(7)15-9(19)10-16-17-12(14)21-10/h3-5H,1-2H3,(H,15,19). The zero-order valence-electron chi connectivity index (χ0n) is 11.1. The number of aromatic nitrogens is 2. The number of hydrogen-bond acceptors (Lipinski definition) is 5. The summed E-state index contributed by atoms with van der Waals surface area (Å²) in [6.07, 6.45) is 0. The highest BCUT2D eigenvalue weighted by Crippen LogP contribution is 2.24. The molecule has 110 valence electrons. The van der Waals surface area contributed by atoms with E-state index in [9.17, 15) is 9.59 Å². The minimum absolute atomic E-state index is 0.100. The molecule has 0 atom stereocenters. The molecule has 0 spiro atoms. The maximum Gasteiger partial charge on any atom is 0.286 e. The molecule has 0 saturated carbocycles. The van der Waals surface area contributed by atoms with E-state index >= 15 is 0 Å². The van der Waals surface area contributed by atoms with Crippen LogP contribution in [0.2, 0.25) is 9.49 Å². The molecule has 2 rings (SSSR count). The Morgan fingerprint density at radius 1 is 1.24 bits per heavy atom. The second-order valence-electron chi connectivity index (χ2n) is 4.20. The summed E-state index contributed by atoms with van der Waals surface area (Å²) in [5, 5.41) is 10.3.